The molecule has 28 heavy (non-hydrogen) atoms. The number of nitrogens with zero attached hydrogens (tertiary/aromatic N) is 3. The highest BCUT2D eigenvalue weighted by molar-refractivity contribution is 5.95. The lowest BCUT2D eigenvalue weighted by Crippen LogP contribution is -2.55. The molecule has 4 rings (SSSR count). The Morgan fingerprint density at radius 3 is 2.43 bits per heavy atom. The van der Waals surface area contributed by atoms with Crippen molar-refractivity contribution >= 4 is 11.8 Å². The van der Waals surface area contributed by atoms with E-state index in [0.29, 0.717) is 37.0 Å². The quantitative estimate of drug-likeness (QED) is 0.800. The molecule has 0 spiro atoms. The third-order valence-electron chi connectivity index (χ3n) is 6.85. The molecule has 3 heterocycles. The predicted molar refractivity (Wildman–Crippen MR) is 107 cm³/mol. The number of piperazine rings is 1. The van der Waals surface area contributed by atoms with Gasteiger partial charge in [0.1, 0.15) is 11.5 Å². The van der Waals surface area contributed by atoms with E-state index in [4.69, 9.17) is 4.42 Å². The van der Waals surface area contributed by atoms with Gasteiger partial charge in [-0.1, -0.05) is 12.8 Å². The predicted octanol–water partition coefficient (Wildman–Crippen LogP) is 2.84. The van der Waals surface area contributed by atoms with E-state index < -0.39 is 0 Å². The maximum Gasteiger partial charge on any atom is 0.257 e. The first-order chi connectivity index (χ1) is 13.5. The van der Waals surface area contributed by atoms with Crippen molar-refractivity contribution in [3.63, 3.8) is 0 Å². The summed E-state index contributed by atoms with van der Waals surface area (Å²) in [5, 5.41) is 0. The molecule has 0 radical (unpaired) electrons. The number of likely N-dealkylation sites (tertiary alicyclic amines) is 1. The molecular weight excluding hydrogens is 354 g/mol. The van der Waals surface area contributed by atoms with Gasteiger partial charge in [-0.15, -0.1) is 0 Å². The van der Waals surface area contributed by atoms with Crippen molar-refractivity contribution in [3.05, 3.63) is 23.2 Å². The van der Waals surface area contributed by atoms with Crippen molar-refractivity contribution in [2.75, 3.05) is 39.3 Å². The first kappa shape index (κ1) is 19.5. The molecule has 3 aliphatic rings. The van der Waals surface area contributed by atoms with Gasteiger partial charge in [0.2, 0.25) is 5.91 Å². The highest BCUT2D eigenvalue weighted by Crippen LogP contribution is 2.35. The Bertz CT molecular complexity index is 719. The van der Waals surface area contributed by atoms with Crippen LogP contribution in [-0.2, 0) is 4.79 Å². The number of aryl methyl sites for hydroxylation is 2. The number of piperidine rings is 1. The molecule has 6 nitrogen and oxygen atoms in total. The van der Waals surface area contributed by atoms with Crippen LogP contribution in [-0.4, -0.2) is 71.8 Å². The molecule has 2 amide bonds. The summed E-state index contributed by atoms with van der Waals surface area (Å²) in [6, 6.07) is 2.30. The minimum atomic E-state index is 0.0430. The average molecular weight is 388 g/mol. The Kier molecular flexibility index (Phi) is 5.76. The fourth-order valence-electron chi connectivity index (χ4n) is 5.34. The van der Waals surface area contributed by atoms with Crippen molar-refractivity contribution in [1.82, 2.24) is 14.7 Å². The highest BCUT2D eigenvalue weighted by Gasteiger charge is 2.36. The molecule has 0 bridgehead atoms. The summed E-state index contributed by atoms with van der Waals surface area (Å²) in [6.07, 6.45) is 7.51. The Hall–Kier alpha value is -1.82. The molecule has 2 aliphatic heterocycles. The second-order valence-electron chi connectivity index (χ2n) is 8.74. The standard InChI is InChI=1S/C22H33N3O3/c1-16-14-19(17(2)28-16)22(27)24-12-10-23(11-13-24)15-21(26)25-9-5-7-18-6-3-4-8-20(18)25/h14,18,20H,3-13,15H2,1-2H3. The van der Waals surface area contributed by atoms with Crippen molar-refractivity contribution in [2.24, 2.45) is 5.92 Å². The fourth-order valence-corrected chi connectivity index (χ4v) is 5.34. The second-order valence-corrected chi connectivity index (χ2v) is 8.74. The number of hydrogen-bond donors (Lipinski definition) is 0. The van der Waals surface area contributed by atoms with E-state index >= 15 is 0 Å². The topological polar surface area (TPSA) is 57.0 Å². The van der Waals surface area contributed by atoms with Gasteiger partial charge >= 0.3 is 0 Å². The van der Waals surface area contributed by atoms with Gasteiger partial charge < -0.3 is 14.2 Å². The van der Waals surface area contributed by atoms with Crippen molar-refractivity contribution in [1.29, 1.82) is 0 Å². The molecule has 2 atom stereocenters. The molecule has 0 aromatic carbocycles. The van der Waals surface area contributed by atoms with E-state index in [1.807, 2.05) is 24.8 Å². The number of carbonyl (C=O) groups excluding carboxylic acids is 2. The molecule has 1 aromatic heterocycles. The summed E-state index contributed by atoms with van der Waals surface area (Å²) >= 11 is 0. The zero-order valence-electron chi connectivity index (χ0n) is 17.3. The molecule has 6 heteroatoms. The first-order valence-corrected chi connectivity index (χ1v) is 10.9. The van der Waals surface area contributed by atoms with Crippen LogP contribution in [0.1, 0.15) is 60.4 Å². The van der Waals surface area contributed by atoms with Crippen molar-refractivity contribution in [3.8, 4) is 0 Å². The molecule has 2 unspecified atom stereocenters. The number of rotatable bonds is 3. The van der Waals surface area contributed by atoms with Gasteiger partial charge in [-0.05, 0) is 51.5 Å². The summed E-state index contributed by atoms with van der Waals surface area (Å²) < 4.78 is 5.50. The molecule has 1 aliphatic carbocycles. The molecular formula is C22H33N3O3. The number of furan rings is 1. The van der Waals surface area contributed by atoms with Crippen molar-refractivity contribution in [2.45, 2.75) is 58.4 Å². The lowest BCUT2D eigenvalue weighted by molar-refractivity contribution is -0.139. The monoisotopic (exact) mass is 387 g/mol. The lowest BCUT2D eigenvalue weighted by Gasteiger charge is -2.45. The van der Waals surface area contributed by atoms with Crippen molar-refractivity contribution < 1.29 is 14.0 Å². The Balaban J connectivity index is 1.30. The van der Waals surface area contributed by atoms with E-state index in [1.165, 1.54) is 32.1 Å². The van der Waals surface area contributed by atoms with Crippen LogP contribution >= 0.6 is 0 Å². The lowest BCUT2D eigenvalue weighted by atomic mass is 9.78. The van der Waals surface area contributed by atoms with Crippen LogP contribution in [0.3, 0.4) is 0 Å². The van der Waals surface area contributed by atoms with E-state index in [-0.39, 0.29) is 11.8 Å². The average Bonchev–Trinajstić information content (AvgIpc) is 3.05. The van der Waals surface area contributed by atoms with Gasteiger partial charge in [0, 0.05) is 38.8 Å². The van der Waals surface area contributed by atoms with Crippen LogP contribution in [0.4, 0.5) is 0 Å². The third-order valence-corrected chi connectivity index (χ3v) is 6.85. The van der Waals surface area contributed by atoms with E-state index in [1.54, 1.807) is 0 Å². The molecule has 1 saturated carbocycles. The molecule has 0 N–H and O–H groups in total. The first-order valence-electron chi connectivity index (χ1n) is 10.9. The minimum Gasteiger partial charge on any atom is -0.466 e. The number of carbonyl (C=O) groups is 2. The van der Waals surface area contributed by atoms with Gasteiger partial charge in [-0.2, -0.15) is 0 Å². The number of amides is 2. The van der Waals surface area contributed by atoms with E-state index in [0.717, 1.165) is 37.7 Å². The Morgan fingerprint density at radius 2 is 1.71 bits per heavy atom. The van der Waals surface area contributed by atoms with Crippen LogP contribution in [0.25, 0.3) is 0 Å². The summed E-state index contributed by atoms with van der Waals surface area (Å²) in [5.41, 5.74) is 0.665. The second kappa shape index (κ2) is 8.27. The van der Waals surface area contributed by atoms with E-state index in [9.17, 15) is 9.59 Å². The number of hydrogen-bond acceptors (Lipinski definition) is 4. The minimum absolute atomic E-state index is 0.0430. The normalized spacial score (nSPS) is 26.2. The molecule has 1 aromatic rings. The fraction of sp³-hybridized carbons (Fsp3) is 0.727. The zero-order valence-corrected chi connectivity index (χ0v) is 17.3. The SMILES string of the molecule is Cc1cc(C(=O)N2CCN(CC(=O)N3CCCC4CCCCC43)CC2)c(C)o1. The van der Waals surface area contributed by atoms with Gasteiger partial charge in [-0.25, -0.2) is 0 Å². The zero-order chi connectivity index (χ0) is 19.7. The third kappa shape index (κ3) is 3.97. The maximum absolute atomic E-state index is 13.0. The summed E-state index contributed by atoms with van der Waals surface area (Å²) in [4.78, 5) is 32.0. The van der Waals surface area contributed by atoms with Gasteiger partial charge in [0.15, 0.2) is 0 Å². The molecule has 2 saturated heterocycles. The highest BCUT2D eigenvalue weighted by atomic mass is 16.3. The van der Waals surface area contributed by atoms with Crippen LogP contribution < -0.4 is 0 Å². The van der Waals surface area contributed by atoms with Crippen LogP contribution in [0.2, 0.25) is 0 Å². The maximum atomic E-state index is 13.0. The van der Waals surface area contributed by atoms with Gasteiger partial charge in [0.25, 0.3) is 5.91 Å². The number of fused-ring (bicyclic) bond motifs is 1. The smallest absolute Gasteiger partial charge is 0.257 e. The van der Waals surface area contributed by atoms with Gasteiger partial charge in [-0.3, -0.25) is 14.5 Å². The Morgan fingerprint density at radius 1 is 1.00 bits per heavy atom. The Labute approximate surface area is 167 Å². The summed E-state index contributed by atoms with van der Waals surface area (Å²) in [5.74, 6) is 2.52. The largest absolute Gasteiger partial charge is 0.466 e. The van der Waals surface area contributed by atoms with Crippen LogP contribution in [0.5, 0.6) is 0 Å². The summed E-state index contributed by atoms with van der Waals surface area (Å²) in [7, 11) is 0. The van der Waals surface area contributed by atoms with E-state index in [2.05, 4.69) is 9.80 Å². The molecule has 3 fully saturated rings. The summed E-state index contributed by atoms with van der Waals surface area (Å²) in [6.45, 7) is 7.98. The van der Waals surface area contributed by atoms with Gasteiger partial charge in [0.05, 0.1) is 12.1 Å². The molecule has 154 valence electrons. The van der Waals surface area contributed by atoms with Crippen LogP contribution in [0.15, 0.2) is 10.5 Å². The van der Waals surface area contributed by atoms with Crippen LogP contribution in [0, 0.1) is 19.8 Å².